The fraction of sp³-hybridized carbons (Fsp3) is 0.174. The Kier molecular flexibility index (Phi) is 6.74. The molecule has 0 spiro atoms. The summed E-state index contributed by atoms with van der Waals surface area (Å²) in [5.41, 5.74) is 2.02. The Morgan fingerprint density at radius 3 is 2.33 bits per heavy atom. The Hall–Kier alpha value is -3.32. The van der Waals surface area contributed by atoms with Gasteiger partial charge in [0.15, 0.2) is 0 Å². The molecule has 0 saturated carbocycles. The predicted molar refractivity (Wildman–Crippen MR) is 117 cm³/mol. The van der Waals surface area contributed by atoms with Gasteiger partial charge in [0, 0.05) is 12.6 Å². The van der Waals surface area contributed by atoms with Crippen LogP contribution in [0.25, 0.3) is 0 Å². The summed E-state index contributed by atoms with van der Waals surface area (Å²) in [7, 11) is -2.17. The summed E-state index contributed by atoms with van der Waals surface area (Å²) in [4.78, 5) is 12.5. The second kappa shape index (κ2) is 9.45. The Morgan fingerprint density at radius 2 is 1.67 bits per heavy atom. The molecule has 0 saturated heterocycles. The maximum atomic E-state index is 12.7. The van der Waals surface area contributed by atoms with Gasteiger partial charge in [0.05, 0.1) is 17.1 Å². The van der Waals surface area contributed by atoms with Crippen LogP contribution >= 0.6 is 0 Å². The van der Waals surface area contributed by atoms with Crippen molar-refractivity contribution in [2.75, 3.05) is 24.5 Å². The van der Waals surface area contributed by atoms with Gasteiger partial charge >= 0.3 is 0 Å². The van der Waals surface area contributed by atoms with Crippen LogP contribution in [0.1, 0.15) is 15.9 Å². The minimum Gasteiger partial charge on any atom is -0.492 e. The van der Waals surface area contributed by atoms with E-state index in [0.29, 0.717) is 24.4 Å². The first-order valence-electron chi connectivity index (χ1n) is 9.49. The topological polar surface area (TPSA) is 75.7 Å². The minimum absolute atomic E-state index is 0.211. The van der Waals surface area contributed by atoms with E-state index in [2.05, 4.69) is 5.32 Å². The smallest absolute Gasteiger partial charge is 0.264 e. The third-order valence-electron chi connectivity index (χ3n) is 4.54. The molecular formula is C23H24N2O4S. The lowest BCUT2D eigenvalue weighted by Gasteiger charge is -2.19. The van der Waals surface area contributed by atoms with Gasteiger partial charge in [0.2, 0.25) is 0 Å². The Bertz CT molecular complexity index is 1100. The number of ether oxygens (including phenoxy) is 1. The summed E-state index contributed by atoms with van der Waals surface area (Å²) in [6.45, 7) is 2.70. The van der Waals surface area contributed by atoms with Gasteiger partial charge in [-0.1, -0.05) is 30.3 Å². The molecule has 6 nitrogen and oxygen atoms in total. The van der Waals surface area contributed by atoms with E-state index in [1.165, 1.54) is 11.4 Å². The number of anilines is 1. The SMILES string of the molecule is Cc1cccc(OCCNC(=O)c2ccc(N(C)S(=O)(=O)c3ccccc3)cc2)c1. The van der Waals surface area contributed by atoms with E-state index in [0.717, 1.165) is 11.3 Å². The summed E-state index contributed by atoms with van der Waals surface area (Å²) in [5.74, 6) is 0.513. The molecule has 0 radical (unpaired) electrons. The number of rotatable bonds is 8. The first-order chi connectivity index (χ1) is 14.4. The van der Waals surface area contributed by atoms with Gasteiger partial charge in [-0.25, -0.2) is 8.42 Å². The van der Waals surface area contributed by atoms with Crippen molar-refractivity contribution >= 4 is 21.6 Å². The number of hydrogen-bond donors (Lipinski definition) is 1. The van der Waals surface area contributed by atoms with Gasteiger partial charge in [0.1, 0.15) is 12.4 Å². The highest BCUT2D eigenvalue weighted by atomic mass is 32.2. The molecule has 7 heteroatoms. The molecule has 0 unspecified atom stereocenters. The summed E-state index contributed by atoms with van der Waals surface area (Å²) in [5, 5.41) is 2.79. The average Bonchev–Trinajstić information content (AvgIpc) is 2.77. The Balaban J connectivity index is 1.56. The van der Waals surface area contributed by atoms with Crippen LogP contribution in [0, 0.1) is 6.92 Å². The fourth-order valence-corrected chi connectivity index (χ4v) is 4.07. The van der Waals surface area contributed by atoms with Gasteiger partial charge in [0.25, 0.3) is 15.9 Å². The standard InChI is InChI=1S/C23H24N2O4S/c1-18-7-6-8-21(17-18)29-16-15-24-23(26)19-11-13-20(14-12-19)25(2)30(27,28)22-9-4-3-5-10-22/h3-14,17H,15-16H2,1-2H3,(H,24,26). The number of hydrogen-bond acceptors (Lipinski definition) is 4. The Morgan fingerprint density at radius 1 is 0.967 bits per heavy atom. The lowest BCUT2D eigenvalue weighted by Crippen LogP contribution is -2.28. The highest BCUT2D eigenvalue weighted by molar-refractivity contribution is 7.92. The van der Waals surface area contributed by atoms with Crippen molar-refractivity contribution in [2.24, 2.45) is 0 Å². The Labute approximate surface area is 177 Å². The molecular weight excluding hydrogens is 400 g/mol. The van der Waals surface area contributed by atoms with Crippen molar-refractivity contribution < 1.29 is 17.9 Å². The third kappa shape index (κ3) is 5.18. The van der Waals surface area contributed by atoms with Crippen LogP contribution in [0.15, 0.2) is 83.8 Å². The molecule has 0 atom stereocenters. The molecule has 0 fully saturated rings. The zero-order chi connectivity index (χ0) is 21.6. The van der Waals surface area contributed by atoms with E-state index < -0.39 is 10.0 Å². The number of carbonyl (C=O) groups excluding carboxylic acids is 1. The van der Waals surface area contributed by atoms with Crippen molar-refractivity contribution in [1.29, 1.82) is 0 Å². The molecule has 30 heavy (non-hydrogen) atoms. The minimum atomic E-state index is -3.66. The maximum Gasteiger partial charge on any atom is 0.264 e. The molecule has 1 N–H and O–H groups in total. The lowest BCUT2D eigenvalue weighted by atomic mass is 10.2. The van der Waals surface area contributed by atoms with Crippen LogP contribution in [0.2, 0.25) is 0 Å². The molecule has 0 heterocycles. The largest absolute Gasteiger partial charge is 0.492 e. The van der Waals surface area contributed by atoms with E-state index >= 15 is 0 Å². The molecule has 0 aliphatic rings. The van der Waals surface area contributed by atoms with Gasteiger partial charge in [-0.05, 0) is 61.0 Å². The second-order valence-corrected chi connectivity index (χ2v) is 8.72. The first-order valence-corrected chi connectivity index (χ1v) is 10.9. The van der Waals surface area contributed by atoms with Crippen LogP contribution in [-0.2, 0) is 10.0 Å². The number of benzene rings is 3. The van der Waals surface area contributed by atoms with Crippen molar-refractivity contribution in [1.82, 2.24) is 5.32 Å². The zero-order valence-electron chi connectivity index (χ0n) is 16.9. The van der Waals surface area contributed by atoms with E-state index in [4.69, 9.17) is 4.74 Å². The molecule has 0 aliphatic heterocycles. The van der Waals surface area contributed by atoms with Crippen LogP contribution < -0.4 is 14.4 Å². The monoisotopic (exact) mass is 424 g/mol. The van der Waals surface area contributed by atoms with Gasteiger partial charge in [-0.2, -0.15) is 0 Å². The van der Waals surface area contributed by atoms with Crippen molar-refractivity contribution in [3.05, 3.63) is 90.0 Å². The molecule has 3 aromatic rings. The number of nitrogens with one attached hydrogen (secondary N) is 1. The summed E-state index contributed by atoms with van der Waals surface area (Å²) < 4.78 is 32.2. The zero-order valence-corrected chi connectivity index (χ0v) is 17.7. The summed E-state index contributed by atoms with van der Waals surface area (Å²) >= 11 is 0. The quantitative estimate of drug-likeness (QED) is 0.561. The highest BCUT2D eigenvalue weighted by Crippen LogP contribution is 2.22. The van der Waals surface area contributed by atoms with E-state index in [1.54, 1.807) is 54.6 Å². The lowest BCUT2D eigenvalue weighted by molar-refractivity contribution is 0.0947. The number of amides is 1. The van der Waals surface area contributed by atoms with Crippen molar-refractivity contribution in [3.8, 4) is 5.75 Å². The molecule has 0 aromatic heterocycles. The first kappa shape index (κ1) is 21.4. The number of carbonyl (C=O) groups is 1. The number of sulfonamides is 1. The molecule has 3 rings (SSSR count). The van der Waals surface area contributed by atoms with Gasteiger partial charge in [-0.3, -0.25) is 9.10 Å². The highest BCUT2D eigenvalue weighted by Gasteiger charge is 2.21. The predicted octanol–water partition coefficient (Wildman–Crippen LogP) is 3.63. The second-order valence-electron chi connectivity index (χ2n) is 6.75. The molecule has 0 bridgehead atoms. The molecule has 0 aliphatic carbocycles. The van der Waals surface area contributed by atoms with E-state index in [9.17, 15) is 13.2 Å². The van der Waals surface area contributed by atoms with Crippen LogP contribution in [0.5, 0.6) is 5.75 Å². The van der Waals surface area contributed by atoms with Crippen LogP contribution in [0.4, 0.5) is 5.69 Å². The normalized spacial score (nSPS) is 11.0. The van der Waals surface area contributed by atoms with Gasteiger partial charge in [-0.15, -0.1) is 0 Å². The van der Waals surface area contributed by atoms with Crippen molar-refractivity contribution in [2.45, 2.75) is 11.8 Å². The van der Waals surface area contributed by atoms with Crippen LogP contribution in [0.3, 0.4) is 0 Å². The molecule has 3 aromatic carbocycles. The van der Waals surface area contributed by atoms with E-state index in [-0.39, 0.29) is 10.8 Å². The van der Waals surface area contributed by atoms with Gasteiger partial charge < -0.3 is 10.1 Å². The van der Waals surface area contributed by atoms with E-state index in [1.807, 2.05) is 31.2 Å². The number of nitrogens with zero attached hydrogens (tertiary/aromatic N) is 1. The molecule has 1 amide bonds. The maximum absolute atomic E-state index is 12.7. The summed E-state index contributed by atoms with van der Waals surface area (Å²) in [6.07, 6.45) is 0. The fourth-order valence-electron chi connectivity index (χ4n) is 2.85. The van der Waals surface area contributed by atoms with Crippen LogP contribution in [-0.4, -0.2) is 34.5 Å². The average molecular weight is 425 g/mol. The molecule has 156 valence electrons. The third-order valence-corrected chi connectivity index (χ3v) is 6.34. The van der Waals surface area contributed by atoms with Crippen molar-refractivity contribution in [3.63, 3.8) is 0 Å². The number of aryl methyl sites for hydroxylation is 1. The summed E-state index contributed by atoms with van der Waals surface area (Å²) in [6, 6.07) is 22.3.